The first kappa shape index (κ1) is 23.6. The normalized spacial score (nSPS) is 13.7. The third kappa shape index (κ3) is 5.85. The van der Waals surface area contributed by atoms with Gasteiger partial charge in [0, 0.05) is 30.5 Å². The van der Waals surface area contributed by atoms with Gasteiger partial charge in [0.25, 0.3) is 15.9 Å². The molecule has 1 amide bonds. The van der Waals surface area contributed by atoms with Gasteiger partial charge in [0.2, 0.25) is 0 Å². The van der Waals surface area contributed by atoms with Crippen LogP contribution in [0.2, 0.25) is 0 Å². The van der Waals surface area contributed by atoms with E-state index in [0.717, 1.165) is 29.6 Å². The molecular weight excluding hydrogens is 446 g/mol. The van der Waals surface area contributed by atoms with Crippen LogP contribution < -0.4 is 14.9 Å². The molecule has 2 N–H and O–H groups in total. The Hall–Kier alpha value is -3.58. The summed E-state index contributed by atoms with van der Waals surface area (Å²) in [6, 6.07) is 22.6. The number of rotatable bonds is 7. The molecule has 4 rings (SSSR count). The molecule has 0 bridgehead atoms. The minimum absolute atomic E-state index is 0.0448. The lowest BCUT2D eigenvalue weighted by Gasteiger charge is -2.32. The minimum Gasteiger partial charge on any atom is -0.366 e. The molecule has 3 aromatic rings. The van der Waals surface area contributed by atoms with Crippen molar-refractivity contribution in [2.75, 3.05) is 16.2 Å². The van der Waals surface area contributed by atoms with Crippen molar-refractivity contribution in [3.63, 3.8) is 0 Å². The third-order valence-corrected chi connectivity index (χ3v) is 6.65. The maximum absolute atomic E-state index is 13.1. The van der Waals surface area contributed by atoms with Crippen molar-refractivity contribution >= 4 is 33.4 Å². The largest absolute Gasteiger partial charge is 0.366 e. The number of carbonyl (C=O) groups is 1. The molecule has 1 aliphatic rings. The fourth-order valence-electron chi connectivity index (χ4n) is 4.03. The second-order valence-corrected chi connectivity index (χ2v) is 10.2. The highest BCUT2D eigenvalue weighted by Gasteiger charge is 2.22. The molecule has 1 aliphatic heterocycles. The summed E-state index contributed by atoms with van der Waals surface area (Å²) in [6.07, 6.45) is 2.42. The van der Waals surface area contributed by atoms with Crippen LogP contribution in [0, 0.1) is 0 Å². The van der Waals surface area contributed by atoms with Crippen LogP contribution in [0.5, 0.6) is 0 Å². The summed E-state index contributed by atoms with van der Waals surface area (Å²) in [4.78, 5) is 15.2. The maximum atomic E-state index is 13.1. The molecule has 7 heteroatoms. The number of benzene rings is 3. The van der Waals surface area contributed by atoms with Crippen molar-refractivity contribution in [1.29, 1.82) is 0 Å². The molecular formula is C27H29N3O3S. The molecule has 3 aromatic carbocycles. The van der Waals surface area contributed by atoms with E-state index in [1.54, 1.807) is 12.1 Å². The van der Waals surface area contributed by atoms with E-state index in [9.17, 15) is 13.2 Å². The smallest absolute Gasteiger partial charge is 0.255 e. The zero-order chi connectivity index (χ0) is 24.1. The Bertz CT molecular complexity index is 1300. The van der Waals surface area contributed by atoms with Crippen LogP contribution in [-0.4, -0.2) is 26.9 Å². The standard InChI is InChI=1S/C27H29N3O3S/c1-20(2)28-27(31)25-18-24(29-34(32,33)17-15-21-8-4-3-5-9-21)12-13-26(25)30-16-14-22-10-6-7-11-23(22)19-30/h3-13,15,17-18,20,29H,14,16,19H2,1-2H3,(H,28,31)/b17-15+. The lowest BCUT2D eigenvalue weighted by molar-refractivity contribution is 0.0943. The van der Waals surface area contributed by atoms with Crippen LogP contribution in [0.4, 0.5) is 11.4 Å². The molecule has 0 saturated heterocycles. The van der Waals surface area contributed by atoms with Gasteiger partial charge < -0.3 is 10.2 Å². The van der Waals surface area contributed by atoms with Crippen LogP contribution in [-0.2, 0) is 23.0 Å². The number of amides is 1. The Balaban J connectivity index is 1.61. The average molecular weight is 476 g/mol. The van der Waals surface area contributed by atoms with Crippen LogP contribution in [0.1, 0.15) is 40.9 Å². The molecule has 6 nitrogen and oxygen atoms in total. The number of nitrogens with one attached hydrogen (secondary N) is 2. The van der Waals surface area contributed by atoms with Crippen molar-refractivity contribution < 1.29 is 13.2 Å². The van der Waals surface area contributed by atoms with E-state index in [1.165, 1.54) is 17.2 Å². The van der Waals surface area contributed by atoms with Gasteiger partial charge in [0.15, 0.2) is 0 Å². The van der Waals surface area contributed by atoms with Crippen molar-refractivity contribution in [2.45, 2.75) is 32.9 Å². The van der Waals surface area contributed by atoms with Crippen LogP contribution >= 0.6 is 0 Å². The first-order chi connectivity index (χ1) is 16.3. The van der Waals surface area contributed by atoms with Crippen LogP contribution in [0.25, 0.3) is 6.08 Å². The number of anilines is 2. The molecule has 0 fully saturated rings. The summed E-state index contributed by atoms with van der Waals surface area (Å²) in [5.74, 6) is -0.232. The predicted octanol–water partition coefficient (Wildman–Crippen LogP) is 4.80. The van der Waals surface area contributed by atoms with E-state index >= 15 is 0 Å². The Morgan fingerprint density at radius 1 is 0.971 bits per heavy atom. The Kier molecular flexibility index (Phi) is 7.03. The summed E-state index contributed by atoms with van der Waals surface area (Å²) < 4.78 is 27.9. The van der Waals surface area contributed by atoms with Gasteiger partial charge in [-0.3, -0.25) is 9.52 Å². The molecule has 1 heterocycles. The summed E-state index contributed by atoms with van der Waals surface area (Å²) in [5.41, 5.74) is 4.91. The Morgan fingerprint density at radius 2 is 1.68 bits per heavy atom. The quantitative estimate of drug-likeness (QED) is 0.515. The number of hydrogen-bond acceptors (Lipinski definition) is 4. The monoisotopic (exact) mass is 475 g/mol. The van der Waals surface area contributed by atoms with Gasteiger partial charge >= 0.3 is 0 Å². The lowest BCUT2D eigenvalue weighted by atomic mass is 9.98. The maximum Gasteiger partial charge on any atom is 0.255 e. The van der Waals surface area contributed by atoms with Crippen molar-refractivity contribution in [1.82, 2.24) is 5.32 Å². The second-order valence-electron chi connectivity index (χ2n) is 8.66. The molecule has 0 aliphatic carbocycles. The summed E-state index contributed by atoms with van der Waals surface area (Å²) in [7, 11) is -3.75. The van der Waals surface area contributed by atoms with Crippen LogP contribution in [0.15, 0.2) is 78.2 Å². The molecule has 176 valence electrons. The van der Waals surface area contributed by atoms with E-state index < -0.39 is 10.0 Å². The van der Waals surface area contributed by atoms with E-state index in [2.05, 4.69) is 27.1 Å². The van der Waals surface area contributed by atoms with Crippen molar-refractivity contribution in [2.24, 2.45) is 0 Å². The van der Waals surface area contributed by atoms with E-state index in [1.807, 2.05) is 62.4 Å². The van der Waals surface area contributed by atoms with Gasteiger partial charge in [-0.05, 0) is 61.2 Å². The van der Waals surface area contributed by atoms with Crippen LogP contribution in [0.3, 0.4) is 0 Å². The number of fused-ring (bicyclic) bond motifs is 1. The second kappa shape index (κ2) is 10.1. The molecule has 0 atom stereocenters. The molecule has 34 heavy (non-hydrogen) atoms. The zero-order valence-electron chi connectivity index (χ0n) is 19.4. The molecule has 0 radical (unpaired) electrons. The van der Waals surface area contributed by atoms with E-state index in [4.69, 9.17) is 0 Å². The van der Waals surface area contributed by atoms with E-state index in [-0.39, 0.29) is 11.9 Å². The van der Waals surface area contributed by atoms with Gasteiger partial charge in [-0.25, -0.2) is 8.42 Å². The number of sulfonamides is 1. The van der Waals surface area contributed by atoms with Crippen molar-refractivity contribution in [3.8, 4) is 0 Å². The summed E-state index contributed by atoms with van der Waals surface area (Å²) in [6.45, 7) is 5.28. The number of hydrogen-bond donors (Lipinski definition) is 2. The highest BCUT2D eigenvalue weighted by atomic mass is 32.2. The lowest BCUT2D eigenvalue weighted by Crippen LogP contribution is -2.35. The third-order valence-electron chi connectivity index (χ3n) is 5.63. The SMILES string of the molecule is CC(C)NC(=O)c1cc(NS(=O)(=O)/C=C/c2ccccc2)ccc1N1CCc2ccccc2C1. The molecule has 0 aromatic heterocycles. The summed E-state index contributed by atoms with van der Waals surface area (Å²) >= 11 is 0. The molecule has 0 saturated carbocycles. The van der Waals surface area contributed by atoms with Gasteiger partial charge in [-0.15, -0.1) is 0 Å². The fraction of sp³-hybridized carbons (Fsp3) is 0.222. The van der Waals surface area contributed by atoms with Gasteiger partial charge in [0.05, 0.1) is 11.0 Å². The average Bonchev–Trinajstić information content (AvgIpc) is 2.82. The Morgan fingerprint density at radius 3 is 2.41 bits per heavy atom. The number of carbonyl (C=O) groups excluding carboxylic acids is 1. The fourth-order valence-corrected chi connectivity index (χ4v) is 4.89. The minimum atomic E-state index is -3.75. The molecule has 0 unspecified atom stereocenters. The summed E-state index contributed by atoms with van der Waals surface area (Å²) in [5, 5.41) is 4.07. The zero-order valence-corrected chi connectivity index (χ0v) is 20.2. The number of nitrogens with zero attached hydrogens (tertiary/aromatic N) is 1. The Labute approximate surface area is 201 Å². The van der Waals surface area contributed by atoms with E-state index in [0.29, 0.717) is 17.8 Å². The predicted molar refractivity (Wildman–Crippen MR) is 138 cm³/mol. The topological polar surface area (TPSA) is 78.5 Å². The molecule has 0 spiro atoms. The highest BCUT2D eigenvalue weighted by Crippen LogP contribution is 2.30. The highest BCUT2D eigenvalue weighted by molar-refractivity contribution is 7.95. The van der Waals surface area contributed by atoms with Gasteiger partial charge in [-0.2, -0.15) is 0 Å². The van der Waals surface area contributed by atoms with Gasteiger partial charge in [-0.1, -0.05) is 54.6 Å². The first-order valence-corrected chi connectivity index (χ1v) is 12.9. The first-order valence-electron chi connectivity index (χ1n) is 11.3. The van der Waals surface area contributed by atoms with Gasteiger partial charge in [0.1, 0.15) is 0 Å². The van der Waals surface area contributed by atoms with Crippen molar-refractivity contribution in [3.05, 3.63) is 100 Å².